The Labute approximate surface area is 154 Å². The molecule has 0 aliphatic heterocycles. The van der Waals surface area contributed by atoms with Crippen molar-refractivity contribution in [2.45, 2.75) is 0 Å². The molecule has 7 aromatic carbocycles. The fourth-order valence-electron chi connectivity index (χ4n) is 5.11. The van der Waals surface area contributed by atoms with Crippen LogP contribution in [-0.4, -0.2) is 5.11 Å². The van der Waals surface area contributed by atoms with E-state index in [4.69, 9.17) is 0 Å². The molecule has 0 bridgehead atoms. The summed E-state index contributed by atoms with van der Waals surface area (Å²) < 4.78 is 0. The van der Waals surface area contributed by atoms with Gasteiger partial charge in [0.25, 0.3) is 0 Å². The van der Waals surface area contributed by atoms with Gasteiger partial charge in [0.2, 0.25) is 0 Å². The molecule has 0 unspecified atom stereocenters. The van der Waals surface area contributed by atoms with Crippen LogP contribution in [-0.2, 0) is 0 Å². The molecule has 0 aliphatic carbocycles. The molecule has 0 amide bonds. The Morgan fingerprint density at radius 1 is 0.370 bits per heavy atom. The van der Waals surface area contributed by atoms with Crippen LogP contribution in [0.15, 0.2) is 78.9 Å². The van der Waals surface area contributed by atoms with Gasteiger partial charge in [0.1, 0.15) is 5.75 Å². The maximum atomic E-state index is 10.4. The second-order valence-electron chi connectivity index (χ2n) is 7.51. The summed E-state index contributed by atoms with van der Waals surface area (Å²) in [6.45, 7) is 0. The standard InChI is InChI=1S/C26H14O/c27-22-13-7-16-6-10-19-17-8-4-14-2-1-3-15-5-9-18(25(17)23(14)15)20-11-12-21(22)24(16)26(19)20/h1-13,27H. The highest BCUT2D eigenvalue weighted by atomic mass is 16.3. The average molecular weight is 342 g/mol. The molecular formula is C26H14O. The average Bonchev–Trinajstić information content (AvgIpc) is 2.72. The van der Waals surface area contributed by atoms with E-state index in [0.29, 0.717) is 5.75 Å². The van der Waals surface area contributed by atoms with Gasteiger partial charge >= 0.3 is 0 Å². The molecule has 0 spiro atoms. The highest BCUT2D eigenvalue weighted by Crippen LogP contribution is 2.46. The first-order valence-electron chi connectivity index (χ1n) is 9.27. The minimum absolute atomic E-state index is 0.349. The summed E-state index contributed by atoms with van der Waals surface area (Å²) in [7, 11) is 0. The Hall–Kier alpha value is -3.58. The van der Waals surface area contributed by atoms with E-state index in [9.17, 15) is 5.11 Å². The summed E-state index contributed by atoms with van der Waals surface area (Å²) in [5, 5.41) is 25.3. The number of rotatable bonds is 0. The monoisotopic (exact) mass is 342 g/mol. The fraction of sp³-hybridized carbons (Fsp3) is 0. The molecule has 0 aliphatic rings. The topological polar surface area (TPSA) is 20.2 Å². The fourth-order valence-corrected chi connectivity index (χ4v) is 5.11. The van der Waals surface area contributed by atoms with E-state index in [0.717, 1.165) is 10.8 Å². The van der Waals surface area contributed by atoms with Crippen molar-refractivity contribution in [2.75, 3.05) is 0 Å². The molecule has 124 valence electrons. The predicted octanol–water partition coefficient (Wildman–Crippen LogP) is 7.19. The normalized spacial score (nSPS) is 12.6. The second-order valence-corrected chi connectivity index (χ2v) is 7.51. The molecule has 7 rings (SSSR count). The first-order valence-corrected chi connectivity index (χ1v) is 9.27. The third-order valence-corrected chi connectivity index (χ3v) is 6.25. The Morgan fingerprint density at radius 2 is 0.815 bits per heavy atom. The number of benzene rings is 7. The van der Waals surface area contributed by atoms with Gasteiger partial charge in [0, 0.05) is 10.8 Å². The van der Waals surface area contributed by atoms with E-state index in [1.54, 1.807) is 6.07 Å². The third-order valence-electron chi connectivity index (χ3n) is 6.25. The molecule has 1 N–H and O–H groups in total. The summed E-state index contributed by atoms with van der Waals surface area (Å²) in [5.41, 5.74) is 0. The number of fused-ring (bicyclic) bond motifs is 2. The Kier molecular flexibility index (Phi) is 2.21. The van der Waals surface area contributed by atoms with Crippen LogP contribution >= 0.6 is 0 Å². The van der Waals surface area contributed by atoms with Crippen molar-refractivity contribution in [3.63, 3.8) is 0 Å². The van der Waals surface area contributed by atoms with Gasteiger partial charge in [-0.25, -0.2) is 0 Å². The van der Waals surface area contributed by atoms with Gasteiger partial charge in [-0.15, -0.1) is 0 Å². The zero-order valence-corrected chi connectivity index (χ0v) is 14.5. The highest BCUT2D eigenvalue weighted by Gasteiger charge is 2.17. The largest absolute Gasteiger partial charge is 0.507 e. The van der Waals surface area contributed by atoms with Gasteiger partial charge in [0.05, 0.1) is 0 Å². The molecule has 0 radical (unpaired) electrons. The van der Waals surface area contributed by atoms with Crippen LogP contribution in [0, 0.1) is 0 Å². The van der Waals surface area contributed by atoms with Gasteiger partial charge in [-0.05, 0) is 66.0 Å². The van der Waals surface area contributed by atoms with Crippen molar-refractivity contribution in [3.8, 4) is 5.75 Å². The lowest BCUT2D eigenvalue weighted by atomic mass is 9.85. The highest BCUT2D eigenvalue weighted by molar-refractivity contribution is 6.39. The molecule has 1 nitrogen and oxygen atoms in total. The van der Waals surface area contributed by atoms with Crippen molar-refractivity contribution in [1.82, 2.24) is 0 Å². The maximum Gasteiger partial charge on any atom is 0.123 e. The molecule has 0 aromatic heterocycles. The summed E-state index contributed by atoms with van der Waals surface area (Å²) in [4.78, 5) is 0. The zero-order chi connectivity index (χ0) is 17.7. The molecule has 0 saturated carbocycles. The number of hydrogen-bond donors (Lipinski definition) is 1. The van der Waals surface area contributed by atoms with Crippen LogP contribution in [0.2, 0.25) is 0 Å². The lowest BCUT2D eigenvalue weighted by molar-refractivity contribution is 0.482. The van der Waals surface area contributed by atoms with E-state index < -0.39 is 0 Å². The Bertz CT molecular complexity index is 1610. The minimum Gasteiger partial charge on any atom is -0.507 e. The molecule has 1 heteroatoms. The molecule has 0 atom stereocenters. The van der Waals surface area contributed by atoms with Gasteiger partial charge in [0.15, 0.2) is 0 Å². The SMILES string of the molecule is Oc1ccc2ccc3c4ccc5cccc6ccc(c7ccc1c2c37)c4c56. The van der Waals surface area contributed by atoms with E-state index in [-0.39, 0.29) is 0 Å². The third kappa shape index (κ3) is 1.48. The molecular weight excluding hydrogens is 328 g/mol. The van der Waals surface area contributed by atoms with Crippen LogP contribution in [0.1, 0.15) is 0 Å². The summed E-state index contributed by atoms with van der Waals surface area (Å²) in [6.07, 6.45) is 0. The van der Waals surface area contributed by atoms with Crippen LogP contribution in [0.3, 0.4) is 0 Å². The molecule has 0 saturated heterocycles. The van der Waals surface area contributed by atoms with Crippen molar-refractivity contribution in [3.05, 3.63) is 78.9 Å². The molecule has 7 aromatic rings. The van der Waals surface area contributed by atoms with Crippen molar-refractivity contribution in [1.29, 1.82) is 0 Å². The lowest BCUT2D eigenvalue weighted by Crippen LogP contribution is -1.90. The van der Waals surface area contributed by atoms with E-state index >= 15 is 0 Å². The number of aromatic hydroxyl groups is 1. The van der Waals surface area contributed by atoms with Gasteiger partial charge in [-0.2, -0.15) is 0 Å². The predicted molar refractivity (Wildman–Crippen MR) is 116 cm³/mol. The maximum absolute atomic E-state index is 10.4. The molecule has 0 fully saturated rings. The smallest absolute Gasteiger partial charge is 0.123 e. The van der Waals surface area contributed by atoms with Crippen LogP contribution in [0.5, 0.6) is 5.75 Å². The number of phenols is 1. The lowest BCUT2D eigenvalue weighted by Gasteiger charge is -2.18. The Balaban J connectivity index is 1.92. The quantitative estimate of drug-likeness (QED) is 0.228. The minimum atomic E-state index is 0.349. The van der Waals surface area contributed by atoms with E-state index in [1.807, 2.05) is 6.07 Å². The van der Waals surface area contributed by atoms with Crippen molar-refractivity contribution in [2.24, 2.45) is 0 Å². The van der Waals surface area contributed by atoms with Crippen molar-refractivity contribution >= 4 is 64.6 Å². The van der Waals surface area contributed by atoms with Gasteiger partial charge in [-0.3, -0.25) is 0 Å². The van der Waals surface area contributed by atoms with Gasteiger partial charge < -0.3 is 5.11 Å². The number of hydrogen-bond acceptors (Lipinski definition) is 1. The molecule has 27 heavy (non-hydrogen) atoms. The van der Waals surface area contributed by atoms with Gasteiger partial charge in [-0.1, -0.05) is 66.7 Å². The van der Waals surface area contributed by atoms with Crippen LogP contribution < -0.4 is 0 Å². The summed E-state index contributed by atoms with van der Waals surface area (Å²) in [6, 6.07) is 28.0. The molecule has 0 heterocycles. The van der Waals surface area contributed by atoms with E-state index in [1.165, 1.54) is 53.9 Å². The van der Waals surface area contributed by atoms with Crippen molar-refractivity contribution < 1.29 is 5.11 Å². The zero-order valence-electron chi connectivity index (χ0n) is 14.5. The first-order chi connectivity index (χ1) is 13.3. The summed E-state index contributed by atoms with van der Waals surface area (Å²) in [5.74, 6) is 0.349. The van der Waals surface area contributed by atoms with Crippen LogP contribution in [0.25, 0.3) is 64.6 Å². The first kappa shape index (κ1) is 13.6. The Morgan fingerprint density at radius 3 is 1.44 bits per heavy atom. The number of phenolic OH excluding ortho intramolecular Hbond substituents is 1. The van der Waals surface area contributed by atoms with E-state index in [2.05, 4.69) is 66.7 Å². The second kappa shape index (κ2) is 4.39. The van der Waals surface area contributed by atoms with Crippen LogP contribution in [0.4, 0.5) is 0 Å². The summed E-state index contributed by atoms with van der Waals surface area (Å²) >= 11 is 0.